The standard InChI is InChI=1S/C9H6Cl2N2S/c10-7-1-6(3-12-4-7)2-8-5-13-9(11)14-8/h1,3-5H,2H2. The summed E-state index contributed by atoms with van der Waals surface area (Å²) >= 11 is 13.0. The van der Waals surface area contributed by atoms with E-state index < -0.39 is 0 Å². The lowest BCUT2D eigenvalue weighted by Gasteiger charge is -1.97. The minimum atomic E-state index is 0.565. The predicted octanol–water partition coefficient (Wildman–Crippen LogP) is 3.44. The molecule has 0 aliphatic rings. The molecule has 0 N–H and O–H groups in total. The second kappa shape index (κ2) is 4.26. The molecule has 0 aromatic carbocycles. The van der Waals surface area contributed by atoms with Crippen LogP contribution >= 0.6 is 34.5 Å². The van der Waals surface area contributed by atoms with Crippen molar-refractivity contribution < 1.29 is 0 Å². The zero-order chi connectivity index (χ0) is 9.97. The van der Waals surface area contributed by atoms with Gasteiger partial charge >= 0.3 is 0 Å². The van der Waals surface area contributed by atoms with Crippen molar-refractivity contribution in [3.63, 3.8) is 0 Å². The Morgan fingerprint density at radius 2 is 2.07 bits per heavy atom. The molecule has 0 unspecified atom stereocenters. The first-order valence-corrected chi connectivity index (χ1v) is 5.51. The zero-order valence-corrected chi connectivity index (χ0v) is 9.40. The molecule has 2 aromatic heterocycles. The second-order valence-electron chi connectivity index (χ2n) is 2.77. The van der Waals surface area contributed by atoms with Crippen LogP contribution < -0.4 is 0 Å². The number of halogens is 2. The van der Waals surface area contributed by atoms with Crippen molar-refractivity contribution in [2.45, 2.75) is 6.42 Å². The molecule has 2 aromatic rings. The predicted molar refractivity (Wildman–Crippen MR) is 59.2 cm³/mol. The van der Waals surface area contributed by atoms with Gasteiger partial charge in [0, 0.05) is 29.9 Å². The molecule has 0 spiro atoms. The second-order valence-corrected chi connectivity index (χ2v) is 4.90. The van der Waals surface area contributed by atoms with Gasteiger partial charge in [-0.3, -0.25) is 4.98 Å². The average Bonchev–Trinajstić information content (AvgIpc) is 2.51. The highest BCUT2D eigenvalue weighted by atomic mass is 35.5. The summed E-state index contributed by atoms with van der Waals surface area (Å²) < 4.78 is 0.565. The van der Waals surface area contributed by atoms with Crippen LogP contribution in [0.4, 0.5) is 0 Å². The quantitative estimate of drug-likeness (QED) is 0.809. The van der Waals surface area contributed by atoms with E-state index in [9.17, 15) is 0 Å². The molecule has 2 rings (SSSR count). The van der Waals surface area contributed by atoms with Gasteiger partial charge in [0.15, 0.2) is 4.47 Å². The number of hydrogen-bond acceptors (Lipinski definition) is 3. The molecule has 0 radical (unpaired) electrons. The van der Waals surface area contributed by atoms with E-state index in [-0.39, 0.29) is 0 Å². The summed E-state index contributed by atoms with van der Waals surface area (Å²) in [5.41, 5.74) is 1.07. The number of hydrogen-bond donors (Lipinski definition) is 0. The largest absolute Gasteiger partial charge is 0.263 e. The maximum absolute atomic E-state index is 5.82. The van der Waals surface area contributed by atoms with Crippen LogP contribution in [-0.4, -0.2) is 9.97 Å². The lowest BCUT2D eigenvalue weighted by atomic mass is 10.2. The van der Waals surface area contributed by atoms with Crippen LogP contribution in [0, 0.1) is 0 Å². The molecule has 5 heteroatoms. The van der Waals surface area contributed by atoms with Gasteiger partial charge in [0.1, 0.15) is 0 Å². The molecule has 0 aliphatic heterocycles. The monoisotopic (exact) mass is 244 g/mol. The normalized spacial score (nSPS) is 10.4. The van der Waals surface area contributed by atoms with Crippen LogP contribution in [0.1, 0.15) is 10.4 Å². The molecule has 2 heterocycles. The SMILES string of the molecule is Clc1cncc(Cc2cnc(Cl)s2)c1. The van der Waals surface area contributed by atoms with E-state index in [1.807, 2.05) is 6.07 Å². The molecule has 0 amide bonds. The van der Waals surface area contributed by atoms with Crippen LogP contribution in [0.15, 0.2) is 24.7 Å². The van der Waals surface area contributed by atoms with Crippen molar-refractivity contribution in [2.24, 2.45) is 0 Å². The maximum Gasteiger partial charge on any atom is 0.183 e. The third-order valence-corrected chi connectivity index (χ3v) is 2.99. The smallest absolute Gasteiger partial charge is 0.183 e. The van der Waals surface area contributed by atoms with E-state index in [4.69, 9.17) is 23.2 Å². The van der Waals surface area contributed by atoms with Crippen molar-refractivity contribution in [2.75, 3.05) is 0 Å². The van der Waals surface area contributed by atoms with E-state index in [1.165, 1.54) is 11.3 Å². The Morgan fingerprint density at radius 3 is 2.71 bits per heavy atom. The Bertz CT molecular complexity index is 442. The average molecular weight is 245 g/mol. The third-order valence-electron chi connectivity index (χ3n) is 1.67. The first kappa shape index (κ1) is 9.90. The van der Waals surface area contributed by atoms with Crippen LogP contribution in [0.5, 0.6) is 0 Å². The van der Waals surface area contributed by atoms with Crippen LogP contribution in [0.25, 0.3) is 0 Å². The highest BCUT2D eigenvalue weighted by Crippen LogP contribution is 2.21. The fraction of sp³-hybridized carbons (Fsp3) is 0.111. The summed E-state index contributed by atoms with van der Waals surface area (Å²) in [7, 11) is 0. The van der Waals surface area contributed by atoms with E-state index >= 15 is 0 Å². The van der Waals surface area contributed by atoms with Gasteiger partial charge in [0.05, 0.1) is 5.02 Å². The highest BCUT2D eigenvalue weighted by molar-refractivity contribution is 7.15. The molecule has 0 saturated heterocycles. The summed E-state index contributed by atoms with van der Waals surface area (Å²) in [4.78, 5) is 9.08. The molecule has 0 bridgehead atoms. The van der Waals surface area contributed by atoms with Gasteiger partial charge in [0.2, 0.25) is 0 Å². The van der Waals surface area contributed by atoms with Crippen molar-refractivity contribution in [1.82, 2.24) is 9.97 Å². The van der Waals surface area contributed by atoms with E-state index in [2.05, 4.69) is 9.97 Å². The van der Waals surface area contributed by atoms with E-state index in [0.29, 0.717) is 9.49 Å². The minimum absolute atomic E-state index is 0.565. The lowest BCUT2D eigenvalue weighted by Crippen LogP contribution is -1.85. The van der Waals surface area contributed by atoms with Gasteiger partial charge in [0.25, 0.3) is 0 Å². The highest BCUT2D eigenvalue weighted by Gasteiger charge is 2.01. The first-order valence-electron chi connectivity index (χ1n) is 3.93. The Morgan fingerprint density at radius 1 is 1.21 bits per heavy atom. The summed E-state index contributed by atoms with van der Waals surface area (Å²) in [5, 5.41) is 0.651. The molecule has 0 fully saturated rings. The van der Waals surface area contributed by atoms with E-state index in [1.54, 1.807) is 18.6 Å². The van der Waals surface area contributed by atoms with Crippen molar-refractivity contribution in [3.05, 3.63) is 44.6 Å². The van der Waals surface area contributed by atoms with Crippen molar-refractivity contribution in [1.29, 1.82) is 0 Å². The molecule has 14 heavy (non-hydrogen) atoms. The number of aromatic nitrogens is 2. The summed E-state index contributed by atoms with van der Waals surface area (Å²) in [6, 6.07) is 1.89. The van der Waals surface area contributed by atoms with Gasteiger partial charge in [-0.1, -0.05) is 23.2 Å². The molecule has 0 aliphatic carbocycles. The number of rotatable bonds is 2. The van der Waals surface area contributed by atoms with Gasteiger partial charge in [-0.15, -0.1) is 11.3 Å². The summed E-state index contributed by atoms with van der Waals surface area (Å²) in [6.07, 6.45) is 5.95. The molecular formula is C9H6Cl2N2S. The number of nitrogens with zero attached hydrogens (tertiary/aromatic N) is 2. The molecule has 72 valence electrons. The van der Waals surface area contributed by atoms with Gasteiger partial charge in [-0.05, 0) is 11.6 Å². The number of pyridine rings is 1. The van der Waals surface area contributed by atoms with Gasteiger partial charge in [-0.25, -0.2) is 4.98 Å². The first-order chi connectivity index (χ1) is 6.74. The lowest BCUT2D eigenvalue weighted by molar-refractivity contribution is 1.16. The number of thiazole rings is 1. The fourth-order valence-electron chi connectivity index (χ4n) is 1.12. The molecule has 2 nitrogen and oxygen atoms in total. The van der Waals surface area contributed by atoms with E-state index in [0.717, 1.165) is 16.9 Å². The zero-order valence-electron chi connectivity index (χ0n) is 7.08. The fourth-order valence-corrected chi connectivity index (χ4v) is 2.33. The Kier molecular flexibility index (Phi) is 3.01. The summed E-state index contributed by atoms with van der Waals surface area (Å²) in [6.45, 7) is 0. The van der Waals surface area contributed by atoms with Crippen LogP contribution in [-0.2, 0) is 6.42 Å². The molecular weight excluding hydrogens is 239 g/mol. The Hall–Kier alpha value is -0.640. The van der Waals surface area contributed by atoms with Gasteiger partial charge < -0.3 is 0 Å². The Labute approximate surface area is 95.5 Å². The maximum atomic E-state index is 5.82. The minimum Gasteiger partial charge on any atom is -0.263 e. The molecule has 0 atom stereocenters. The summed E-state index contributed by atoms with van der Waals surface area (Å²) in [5.74, 6) is 0. The Balaban J connectivity index is 2.18. The van der Waals surface area contributed by atoms with Crippen molar-refractivity contribution in [3.8, 4) is 0 Å². The van der Waals surface area contributed by atoms with Crippen molar-refractivity contribution >= 4 is 34.5 Å². The third kappa shape index (κ3) is 2.44. The van der Waals surface area contributed by atoms with Gasteiger partial charge in [-0.2, -0.15) is 0 Å². The van der Waals surface area contributed by atoms with Crippen LogP contribution in [0.3, 0.4) is 0 Å². The topological polar surface area (TPSA) is 25.8 Å². The molecule has 0 saturated carbocycles. The van der Waals surface area contributed by atoms with Crippen LogP contribution in [0.2, 0.25) is 9.49 Å².